The summed E-state index contributed by atoms with van der Waals surface area (Å²) in [6.07, 6.45) is 1.98. The molecule has 0 fully saturated rings. The summed E-state index contributed by atoms with van der Waals surface area (Å²) in [5.74, 6) is 1.88. The predicted octanol–water partition coefficient (Wildman–Crippen LogP) is 3.34. The van der Waals surface area contributed by atoms with Crippen molar-refractivity contribution in [2.24, 2.45) is 5.73 Å². The number of nitrogens with one attached hydrogen (secondary N) is 1. The minimum Gasteiger partial charge on any atom is -0.494 e. The first-order valence-electron chi connectivity index (χ1n) is 9.14. The smallest absolute Gasteiger partial charge is 0.248 e. The van der Waals surface area contributed by atoms with Gasteiger partial charge in [0.15, 0.2) is 0 Å². The molecule has 1 aromatic carbocycles. The summed E-state index contributed by atoms with van der Waals surface area (Å²) < 4.78 is 7.40. The monoisotopic (exact) mass is 387 g/mol. The first-order chi connectivity index (χ1) is 13.0. The first kappa shape index (κ1) is 19.3. The molecule has 0 spiro atoms. The lowest BCUT2D eigenvalue weighted by atomic mass is 9.95. The van der Waals surface area contributed by atoms with Gasteiger partial charge in [-0.2, -0.15) is 4.98 Å². The van der Waals surface area contributed by atoms with Crippen LogP contribution in [0.2, 0.25) is 0 Å². The van der Waals surface area contributed by atoms with Crippen LogP contribution in [0.3, 0.4) is 0 Å². The number of thioether (sulfide) groups is 1. The lowest BCUT2D eigenvalue weighted by Crippen LogP contribution is -2.31. The van der Waals surface area contributed by atoms with Gasteiger partial charge in [-0.25, -0.2) is 4.68 Å². The van der Waals surface area contributed by atoms with Gasteiger partial charge in [-0.15, -0.1) is 5.10 Å². The van der Waals surface area contributed by atoms with E-state index in [0.29, 0.717) is 29.0 Å². The second-order valence-corrected chi connectivity index (χ2v) is 7.42. The number of primary amides is 1. The van der Waals surface area contributed by atoms with Crippen LogP contribution < -0.4 is 15.8 Å². The maximum absolute atomic E-state index is 12.2. The van der Waals surface area contributed by atoms with E-state index < -0.39 is 11.9 Å². The second-order valence-electron chi connectivity index (χ2n) is 6.36. The zero-order valence-corrected chi connectivity index (χ0v) is 16.7. The van der Waals surface area contributed by atoms with Crippen molar-refractivity contribution in [3.05, 3.63) is 41.1 Å². The van der Waals surface area contributed by atoms with E-state index in [1.165, 1.54) is 0 Å². The van der Waals surface area contributed by atoms with Crippen molar-refractivity contribution < 1.29 is 9.53 Å². The standard InChI is InChI=1S/C19H25N5O2S/c1-4-10-26-14-8-6-13(7-9-14)16-15(17(20)25)12(3)21-18-22-19(23-24(16)18)27-11-5-2/h6-9,16H,4-5,10-11H2,1-3H3,(H2,20,25)(H,21,22,23)/t16-/m0/s1. The van der Waals surface area contributed by atoms with Crippen molar-refractivity contribution in [2.75, 3.05) is 17.7 Å². The van der Waals surface area contributed by atoms with E-state index >= 15 is 0 Å². The number of hydrogen-bond donors (Lipinski definition) is 2. The molecular weight excluding hydrogens is 362 g/mol. The second kappa shape index (κ2) is 8.47. The van der Waals surface area contributed by atoms with Crippen LogP contribution in [0, 0.1) is 0 Å². The fourth-order valence-corrected chi connectivity index (χ4v) is 3.66. The van der Waals surface area contributed by atoms with Crippen molar-refractivity contribution >= 4 is 23.6 Å². The van der Waals surface area contributed by atoms with Gasteiger partial charge in [0, 0.05) is 11.4 Å². The Bertz CT molecular complexity index is 844. The molecule has 1 amide bonds. The number of rotatable bonds is 8. The average Bonchev–Trinajstić information content (AvgIpc) is 3.06. The summed E-state index contributed by atoms with van der Waals surface area (Å²) in [5.41, 5.74) is 7.79. The molecule has 0 saturated carbocycles. The molecule has 0 aliphatic carbocycles. The molecule has 3 rings (SSSR count). The lowest BCUT2D eigenvalue weighted by Gasteiger charge is -2.27. The Morgan fingerprint density at radius 2 is 2.04 bits per heavy atom. The molecule has 0 radical (unpaired) electrons. The molecule has 27 heavy (non-hydrogen) atoms. The van der Waals surface area contributed by atoms with Gasteiger partial charge in [-0.05, 0) is 37.5 Å². The molecule has 7 nitrogen and oxygen atoms in total. The highest BCUT2D eigenvalue weighted by atomic mass is 32.2. The molecule has 0 saturated heterocycles. The Kier molecular flexibility index (Phi) is 6.05. The van der Waals surface area contributed by atoms with E-state index in [2.05, 4.69) is 29.2 Å². The molecule has 1 aliphatic rings. The Labute approximate surface area is 163 Å². The number of aromatic nitrogens is 3. The predicted molar refractivity (Wildman–Crippen MR) is 107 cm³/mol. The van der Waals surface area contributed by atoms with Gasteiger partial charge >= 0.3 is 0 Å². The highest BCUT2D eigenvalue weighted by Gasteiger charge is 2.33. The van der Waals surface area contributed by atoms with Gasteiger partial charge in [0.25, 0.3) is 0 Å². The Morgan fingerprint density at radius 3 is 2.67 bits per heavy atom. The van der Waals surface area contributed by atoms with E-state index in [0.717, 1.165) is 29.9 Å². The zero-order chi connectivity index (χ0) is 19.4. The molecule has 3 N–H and O–H groups in total. The van der Waals surface area contributed by atoms with Crippen LogP contribution >= 0.6 is 11.8 Å². The van der Waals surface area contributed by atoms with Crippen LogP contribution in [0.4, 0.5) is 5.95 Å². The van der Waals surface area contributed by atoms with Crippen molar-refractivity contribution in [1.29, 1.82) is 0 Å². The van der Waals surface area contributed by atoms with Gasteiger partial charge < -0.3 is 15.8 Å². The first-order valence-corrected chi connectivity index (χ1v) is 10.1. The molecular formula is C19H25N5O2S. The van der Waals surface area contributed by atoms with Gasteiger partial charge in [-0.1, -0.05) is 37.7 Å². The van der Waals surface area contributed by atoms with E-state index in [1.54, 1.807) is 16.4 Å². The zero-order valence-electron chi connectivity index (χ0n) is 15.9. The minimum atomic E-state index is -0.472. The van der Waals surface area contributed by atoms with E-state index in [-0.39, 0.29) is 0 Å². The third-order valence-electron chi connectivity index (χ3n) is 4.20. The van der Waals surface area contributed by atoms with Gasteiger partial charge in [0.2, 0.25) is 17.0 Å². The highest BCUT2D eigenvalue weighted by molar-refractivity contribution is 7.99. The number of fused-ring (bicyclic) bond motifs is 1. The van der Waals surface area contributed by atoms with Crippen LogP contribution in [-0.2, 0) is 4.79 Å². The molecule has 8 heteroatoms. The van der Waals surface area contributed by atoms with E-state index in [1.807, 2.05) is 31.2 Å². The number of nitrogens with zero attached hydrogens (tertiary/aromatic N) is 3. The molecule has 0 unspecified atom stereocenters. The molecule has 144 valence electrons. The van der Waals surface area contributed by atoms with Crippen LogP contribution in [0.25, 0.3) is 0 Å². The van der Waals surface area contributed by atoms with Crippen LogP contribution in [0.15, 0.2) is 40.7 Å². The van der Waals surface area contributed by atoms with E-state index in [9.17, 15) is 4.79 Å². The third-order valence-corrected chi connectivity index (χ3v) is 5.25. The molecule has 1 aromatic heterocycles. The number of ether oxygens (including phenoxy) is 1. The Balaban J connectivity index is 1.99. The average molecular weight is 388 g/mol. The highest BCUT2D eigenvalue weighted by Crippen LogP contribution is 2.36. The largest absolute Gasteiger partial charge is 0.494 e. The number of benzene rings is 1. The number of carbonyl (C=O) groups is 1. The number of anilines is 1. The van der Waals surface area contributed by atoms with E-state index in [4.69, 9.17) is 10.5 Å². The number of carbonyl (C=O) groups excluding carboxylic acids is 1. The fourth-order valence-electron chi connectivity index (χ4n) is 2.98. The van der Waals surface area contributed by atoms with Gasteiger partial charge in [-0.3, -0.25) is 4.79 Å². The Hall–Kier alpha value is -2.48. The molecule has 2 aromatic rings. The summed E-state index contributed by atoms with van der Waals surface area (Å²) in [4.78, 5) is 16.7. The molecule has 0 bridgehead atoms. The number of allylic oxidation sites excluding steroid dienone is 1. The molecule has 1 aliphatic heterocycles. The van der Waals surface area contributed by atoms with Crippen molar-refractivity contribution in [3.63, 3.8) is 0 Å². The fraction of sp³-hybridized carbons (Fsp3) is 0.421. The maximum Gasteiger partial charge on any atom is 0.248 e. The van der Waals surface area contributed by atoms with Crippen molar-refractivity contribution in [2.45, 2.75) is 44.8 Å². The Morgan fingerprint density at radius 1 is 1.30 bits per heavy atom. The maximum atomic E-state index is 12.2. The quantitative estimate of drug-likeness (QED) is 0.675. The summed E-state index contributed by atoms with van der Waals surface area (Å²) in [7, 11) is 0. The number of amides is 1. The SMILES string of the molecule is CCCOc1ccc([C@H]2C(C(N)=O)=C(C)Nc3nc(SCCC)nn32)cc1. The number of nitrogens with two attached hydrogens (primary N) is 1. The normalized spacial score (nSPS) is 16.0. The topological polar surface area (TPSA) is 95.1 Å². The van der Waals surface area contributed by atoms with Crippen LogP contribution in [0.5, 0.6) is 5.75 Å². The summed E-state index contributed by atoms with van der Waals surface area (Å²) in [6, 6.07) is 7.29. The third kappa shape index (κ3) is 4.10. The minimum absolute atomic E-state index is 0.414. The molecule has 1 atom stereocenters. The summed E-state index contributed by atoms with van der Waals surface area (Å²) in [5, 5.41) is 8.46. The van der Waals surface area contributed by atoms with Crippen LogP contribution in [0.1, 0.15) is 45.2 Å². The molecule has 2 heterocycles. The lowest BCUT2D eigenvalue weighted by molar-refractivity contribution is -0.115. The summed E-state index contributed by atoms with van der Waals surface area (Å²) >= 11 is 1.60. The van der Waals surface area contributed by atoms with Crippen molar-refractivity contribution in [3.8, 4) is 5.75 Å². The van der Waals surface area contributed by atoms with Gasteiger partial charge in [0.1, 0.15) is 11.8 Å². The van der Waals surface area contributed by atoms with Crippen LogP contribution in [-0.4, -0.2) is 33.0 Å². The van der Waals surface area contributed by atoms with Gasteiger partial charge in [0.05, 0.1) is 12.2 Å². The summed E-state index contributed by atoms with van der Waals surface area (Å²) in [6.45, 7) is 6.69. The number of hydrogen-bond acceptors (Lipinski definition) is 6. The van der Waals surface area contributed by atoms with Crippen molar-refractivity contribution in [1.82, 2.24) is 14.8 Å².